The third kappa shape index (κ3) is 4.52. The molecule has 0 amide bonds. The Hall–Kier alpha value is -4.39. The van der Waals surface area contributed by atoms with E-state index in [-0.39, 0.29) is 17.2 Å². The zero-order chi connectivity index (χ0) is 22.7. The van der Waals surface area contributed by atoms with Gasteiger partial charge in [0.15, 0.2) is 0 Å². The summed E-state index contributed by atoms with van der Waals surface area (Å²) in [6.07, 6.45) is 0. The molecule has 0 saturated heterocycles. The highest BCUT2D eigenvalue weighted by atomic mass is 16.5. The van der Waals surface area contributed by atoms with Crippen LogP contribution in [-0.4, -0.2) is 16.2 Å². The molecule has 32 heavy (non-hydrogen) atoms. The number of nitrogens with one attached hydrogen (secondary N) is 2. The molecule has 7 nitrogen and oxygen atoms in total. The first-order valence-electron chi connectivity index (χ1n) is 10.0. The minimum atomic E-state index is -0.112. The predicted octanol–water partition coefficient (Wildman–Crippen LogP) is 3.20. The quantitative estimate of drug-likeness (QED) is 0.267. The average molecular weight is 425 g/mol. The van der Waals surface area contributed by atoms with Crippen LogP contribution in [0.15, 0.2) is 83.7 Å². The zero-order valence-corrected chi connectivity index (χ0v) is 17.3. The number of benzene rings is 3. The van der Waals surface area contributed by atoms with Crippen LogP contribution in [0, 0.1) is 10.8 Å². The zero-order valence-electron chi connectivity index (χ0n) is 17.3. The second-order valence-corrected chi connectivity index (χ2v) is 7.49. The van der Waals surface area contributed by atoms with Crippen LogP contribution in [0.5, 0.6) is 5.75 Å². The van der Waals surface area contributed by atoms with Crippen molar-refractivity contribution in [2.24, 2.45) is 11.5 Å². The summed E-state index contributed by atoms with van der Waals surface area (Å²) in [6.45, 7) is 0.703. The summed E-state index contributed by atoms with van der Waals surface area (Å²) >= 11 is 0. The number of hydrogen-bond donors (Lipinski definition) is 4. The van der Waals surface area contributed by atoms with E-state index in [9.17, 15) is 4.79 Å². The van der Waals surface area contributed by atoms with Crippen molar-refractivity contribution in [2.45, 2.75) is 13.2 Å². The molecule has 0 atom stereocenters. The lowest BCUT2D eigenvalue weighted by Gasteiger charge is -2.13. The number of amidine groups is 2. The van der Waals surface area contributed by atoms with E-state index in [1.807, 2.05) is 48.5 Å². The van der Waals surface area contributed by atoms with Gasteiger partial charge in [0.2, 0.25) is 0 Å². The van der Waals surface area contributed by atoms with Crippen LogP contribution in [0.4, 0.5) is 0 Å². The molecule has 0 aliphatic heterocycles. The molecule has 0 saturated carbocycles. The Morgan fingerprint density at radius 2 is 1.53 bits per heavy atom. The fourth-order valence-electron chi connectivity index (χ4n) is 3.49. The van der Waals surface area contributed by atoms with Gasteiger partial charge in [-0.05, 0) is 40.8 Å². The maximum atomic E-state index is 12.6. The molecule has 160 valence electrons. The molecule has 7 heteroatoms. The van der Waals surface area contributed by atoms with E-state index in [1.165, 1.54) is 0 Å². The second-order valence-electron chi connectivity index (χ2n) is 7.49. The van der Waals surface area contributed by atoms with Crippen LogP contribution < -0.4 is 21.8 Å². The van der Waals surface area contributed by atoms with Crippen molar-refractivity contribution >= 4 is 22.6 Å². The van der Waals surface area contributed by atoms with E-state index < -0.39 is 0 Å². The van der Waals surface area contributed by atoms with Crippen LogP contribution in [0.25, 0.3) is 10.9 Å². The summed E-state index contributed by atoms with van der Waals surface area (Å²) in [4.78, 5) is 12.6. The molecular weight excluding hydrogens is 402 g/mol. The standard InChI is InChI=1S/C25H23N5O2/c26-24(27)19-6-4-16(5-7-19)14-30-22-13-21(10-8-18(22)9-11-23(30)31)32-15-17-2-1-3-20(12-17)25(28)29/h1-13H,14-15H2,(H3,26,27)(H3,28,29). The Labute approximate surface area is 184 Å². The fourth-order valence-corrected chi connectivity index (χ4v) is 3.49. The molecule has 0 radical (unpaired) electrons. The lowest BCUT2D eigenvalue weighted by atomic mass is 10.1. The number of nitrogen functional groups attached to an aromatic ring is 2. The summed E-state index contributed by atoms with van der Waals surface area (Å²) in [5, 5.41) is 16.0. The summed E-state index contributed by atoms with van der Waals surface area (Å²) < 4.78 is 7.65. The molecule has 0 bridgehead atoms. The normalized spacial score (nSPS) is 10.8. The van der Waals surface area contributed by atoms with Gasteiger partial charge in [0.1, 0.15) is 24.0 Å². The van der Waals surface area contributed by atoms with Crippen LogP contribution in [0.2, 0.25) is 0 Å². The Morgan fingerprint density at radius 1 is 0.812 bits per heavy atom. The SMILES string of the molecule is N=C(N)c1ccc(Cn2c(=O)ccc3ccc(OCc4cccc(C(=N)N)c4)cc32)cc1. The van der Waals surface area contributed by atoms with Gasteiger partial charge in [0.05, 0.1) is 12.1 Å². The van der Waals surface area contributed by atoms with Crippen molar-refractivity contribution in [2.75, 3.05) is 0 Å². The molecular formula is C25H23N5O2. The number of rotatable bonds is 7. The average Bonchev–Trinajstić information content (AvgIpc) is 2.80. The number of nitrogens with zero attached hydrogens (tertiary/aromatic N) is 1. The van der Waals surface area contributed by atoms with Crippen LogP contribution in [0.1, 0.15) is 22.3 Å². The van der Waals surface area contributed by atoms with Crippen LogP contribution in [0.3, 0.4) is 0 Å². The Morgan fingerprint density at radius 3 is 2.25 bits per heavy atom. The van der Waals surface area contributed by atoms with Gasteiger partial charge in [0, 0.05) is 23.3 Å². The molecule has 1 heterocycles. The topological polar surface area (TPSA) is 131 Å². The summed E-state index contributed by atoms with van der Waals surface area (Å²) in [7, 11) is 0. The first-order valence-corrected chi connectivity index (χ1v) is 10.0. The Kier molecular flexibility index (Phi) is 5.72. The van der Waals surface area contributed by atoms with E-state index >= 15 is 0 Å². The molecule has 3 aromatic carbocycles. The van der Waals surface area contributed by atoms with Gasteiger partial charge < -0.3 is 20.8 Å². The third-order valence-corrected chi connectivity index (χ3v) is 5.21. The monoisotopic (exact) mass is 425 g/mol. The van der Waals surface area contributed by atoms with Gasteiger partial charge in [-0.3, -0.25) is 15.6 Å². The second kappa shape index (κ2) is 8.77. The summed E-state index contributed by atoms with van der Waals surface area (Å²) in [5.41, 5.74) is 14.9. The smallest absolute Gasteiger partial charge is 0.251 e. The molecule has 4 rings (SSSR count). The van der Waals surface area contributed by atoms with Crippen molar-refractivity contribution in [3.8, 4) is 5.75 Å². The number of ether oxygens (including phenoxy) is 1. The van der Waals surface area contributed by atoms with Crippen molar-refractivity contribution in [3.05, 3.63) is 111 Å². The van der Waals surface area contributed by atoms with Gasteiger partial charge in [-0.15, -0.1) is 0 Å². The number of aromatic nitrogens is 1. The van der Waals surface area contributed by atoms with Crippen molar-refractivity contribution in [3.63, 3.8) is 0 Å². The number of pyridine rings is 1. The van der Waals surface area contributed by atoms with Crippen LogP contribution >= 0.6 is 0 Å². The maximum Gasteiger partial charge on any atom is 0.251 e. The highest BCUT2D eigenvalue weighted by Crippen LogP contribution is 2.22. The Balaban J connectivity index is 1.61. The van der Waals surface area contributed by atoms with Crippen molar-refractivity contribution in [1.29, 1.82) is 10.8 Å². The van der Waals surface area contributed by atoms with Crippen molar-refractivity contribution in [1.82, 2.24) is 4.57 Å². The fraction of sp³-hybridized carbons (Fsp3) is 0.0800. The van der Waals surface area contributed by atoms with E-state index in [1.54, 1.807) is 34.9 Å². The number of hydrogen-bond acceptors (Lipinski definition) is 4. The maximum absolute atomic E-state index is 12.6. The van der Waals surface area contributed by atoms with E-state index in [2.05, 4.69) is 0 Å². The largest absolute Gasteiger partial charge is 0.489 e. The molecule has 0 unspecified atom stereocenters. The molecule has 0 aliphatic rings. The van der Waals surface area contributed by atoms with Gasteiger partial charge in [-0.1, -0.05) is 42.5 Å². The first kappa shape index (κ1) is 20.9. The van der Waals surface area contributed by atoms with E-state index in [0.717, 1.165) is 22.0 Å². The van der Waals surface area contributed by atoms with Crippen molar-refractivity contribution < 1.29 is 4.74 Å². The van der Waals surface area contributed by atoms with Gasteiger partial charge in [-0.2, -0.15) is 0 Å². The molecule has 6 N–H and O–H groups in total. The predicted molar refractivity (Wildman–Crippen MR) is 127 cm³/mol. The minimum absolute atomic E-state index is 0.00880. The highest BCUT2D eigenvalue weighted by Gasteiger charge is 2.07. The summed E-state index contributed by atoms with van der Waals surface area (Å²) in [5.74, 6) is 0.657. The molecule has 0 spiro atoms. The van der Waals surface area contributed by atoms with E-state index in [0.29, 0.717) is 30.0 Å². The van der Waals surface area contributed by atoms with Gasteiger partial charge in [-0.25, -0.2) is 0 Å². The highest BCUT2D eigenvalue weighted by molar-refractivity contribution is 5.95. The van der Waals surface area contributed by atoms with Gasteiger partial charge >= 0.3 is 0 Å². The van der Waals surface area contributed by atoms with E-state index in [4.69, 9.17) is 27.0 Å². The Bertz CT molecular complexity index is 1370. The number of nitrogens with two attached hydrogens (primary N) is 2. The lowest BCUT2D eigenvalue weighted by Crippen LogP contribution is -2.20. The van der Waals surface area contributed by atoms with Gasteiger partial charge in [0.25, 0.3) is 5.56 Å². The minimum Gasteiger partial charge on any atom is -0.489 e. The third-order valence-electron chi connectivity index (χ3n) is 5.21. The summed E-state index contributed by atoms with van der Waals surface area (Å²) in [6, 6.07) is 23.6. The van der Waals surface area contributed by atoms with Crippen LogP contribution in [-0.2, 0) is 13.2 Å². The molecule has 0 aliphatic carbocycles. The number of fused-ring (bicyclic) bond motifs is 1. The first-order chi connectivity index (χ1) is 15.4. The molecule has 4 aromatic rings. The lowest BCUT2D eigenvalue weighted by molar-refractivity contribution is 0.306. The molecule has 1 aromatic heterocycles. The molecule has 0 fully saturated rings.